The molecule has 0 radical (unpaired) electrons. The van der Waals surface area contributed by atoms with Crippen LogP contribution in [0.25, 0.3) is 11.6 Å². The van der Waals surface area contributed by atoms with Gasteiger partial charge >= 0.3 is 0 Å². The van der Waals surface area contributed by atoms with Gasteiger partial charge in [-0.25, -0.2) is 0 Å². The number of hydrogen-bond donors (Lipinski definition) is 0. The molecule has 20 heavy (non-hydrogen) atoms. The summed E-state index contributed by atoms with van der Waals surface area (Å²) in [5.74, 6) is 0.0589. The van der Waals surface area contributed by atoms with Crippen molar-refractivity contribution < 1.29 is 4.79 Å². The van der Waals surface area contributed by atoms with Gasteiger partial charge in [0.1, 0.15) is 0 Å². The zero-order valence-electron chi connectivity index (χ0n) is 11.1. The number of rotatable bonds is 2. The van der Waals surface area contributed by atoms with E-state index in [4.69, 9.17) is 11.6 Å². The second-order valence-corrected chi connectivity index (χ2v) is 5.11. The van der Waals surface area contributed by atoms with Crippen molar-refractivity contribution in [3.05, 3.63) is 64.7 Å². The first-order valence-electron chi connectivity index (χ1n) is 6.59. The Morgan fingerprint density at radius 3 is 2.50 bits per heavy atom. The number of carbonyl (C=O) groups excluding carboxylic acids is 1. The van der Waals surface area contributed by atoms with Gasteiger partial charge in [-0.3, -0.25) is 4.79 Å². The number of halogens is 1. The normalized spacial score (nSPS) is 15.8. The fraction of sp³-hybridized carbons (Fsp3) is 0.118. The van der Waals surface area contributed by atoms with Crippen LogP contribution in [0.2, 0.25) is 5.02 Å². The Bertz CT molecular complexity index is 688. The molecule has 0 spiro atoms. The molecule has 0 saturated carbocycles. The molecule has 3 heteroatoms. The monoisotopic (exact) mass is 283 g/mol. The van der Waals surface area contributed by atoms with E-state index >= 15 is 0 Å². The summed E-state index contributed by atoms with van der Waals surface area (Å²) in [7, 11) is 0. The van der Waals surface area contributed by atoms with Crippen molar-refractivity contribution >= 4 is 34.8 Å². The molecule has 0 aromatic heterocycles. The number of benzene rings is 2. The largest absolute Gasteiger partial charge is 0.308 e. The molecule has 2 aromatic carbocycles. The summed E-state index contributed by atoms with van der Waals surface area (Å²) in [6.07, 6.45) is 1.92. The van der Waals surface area contributed by atoms with E-state index in [-0.39, 0.29) is 5.91 Å². The maximum Gasteiger partial charge on any atom is 0.258 e. The standard InChI is InChI=1S/C17H14ClNO/c1-2-19-16-6-4-3-5-14(16)15(17(19)20)11-12-7-9-13(18)10-8-12/h3-11H,2H2,1H3/b15-11-. The van der Waals surface area contributed by atoms with Crippen molar-refractivity contribution in [3.63, 3.8) is 0 Å². The van der Waals surface area contributed by atoms with Crippen LogP contribution in [0.1, 0.15) is 18.1 Å². The third-order valence-corrected chi connectivity index (χ3v) is 3.71. The van der Waals surface area contributed by atoms with E-state index in [1.165, 1.54) is 0 Å². The predicted molar refractivity (Wildman–Crippen MR) is 83.8 cm³/mol. The van der Waals surface area contributed by atoms with Gasteiger partial charge in [-0.05, 0) is 36.8 Å². The minimum Gasteiger partial charge on any atom is -0.308 e. The summed E-state index contributed by atoms with van der Waals surface area (Å²) >= 11 is 5.89. The molecule has 2 aromatic rings. The van der Waals surface area contributed by atoms with Crippen molar-refractivity contribution in [2.75, 3.05) is 11.4 Å². The summed E-state index contributed by atoms with van der Waals surface area (Å²) in [4.78, 5) is 14.3. The van der Waals surface area contributed by atoms with Crippen LogP contribution in [-0.2, 0) is 4.79 Å². The Labute approximate surface area is 123 Å². The highest BCUT2D eigenvalue weighted by atomic mass is 35.5. The third kappa shape index (κ3) is 2.12. The minimum atomic E-state index is 0.0589. The van der Waals surface area contributed by atoms with Gasteiger partial charge < -0.3 is 4.90 Å². The number of anilines is 1. The average molecular weight is 284 g/mol. The van der Waals surface area contributed by atoms with Crippen LogP contribution in [0.15, 0.2) is 48.5 Å². The van der Waals surface area contributed by atoms with Crippen molar-refractivity contribution in [2.24, 2.45) is 0 Å². The first kappa shape index (κ1) is 12.9. The molecule has 0 saturated heterocycles. The Hall–Kier alpha value is -2.06. The van der Waals surface area contributed by atoms with Gasteiger partial charge in [0.05, 0.1) is 5.69 Å². The van der Waals surface area contributed by atoms with E-state index in [1.807, 2.05) is 61.5 Å². The molecule has 3 rings (SSSR count). The predicted octanol–water partition coefficient (Wildman–Crippen LogP) is 4.25. The molecule has 1 amide bonds. The molecule has 1 heterocycles. The second-order valence-electron chi connectivity index (χ2n) is 4.68. The number of carbonyl (C=O) groups is 1. The van der Waals surface area contributed by atoms with Crippen LogP contribution in [0.3, 0.4) is 0 Å². The maximum atomic E-state index is 12.5. The van der Waals surface area contributed by atoms with Crippen LogP contribution >= 0.6 is 11.6 Å². The molecule has 0 fully saturated rings. The van der Waals surface area contributed by atoms with Gasteiger partial charge in [-0.2, -0.15) is 0 Å². The smallest absolute Gasteiger partial charge is 0.258 e. The number of nitrogens with zero attached hydrogens (tertiary/aromatic N) is 1. The van der Waals surface area contributed by atoms with Crippen molar-refractivity contribution in [2.45, 2.75) is 6.92 Å². The van der Waals surface area contributed by atoms with E-state index in [0.717, 1.165) is 22.4 Å². The number of hydrogen-bond acceptors (Lipinski definition) is 1. The summed E-state index contributed by atoms with van der Waals surface area (Å²) in [5.41, 5.74) is 3.70. The number of para-hydroxylation sites is 1. The van der Waals surface area contributed by atoms with Crippen molar-refractivity contribution in [1.82, 2.24) is 0 Å². The molecule has 1 aliphatic heterocycles. The first-order chi connectivity index (χ1) is 9.70. The lowest BCUT2D eigenvalue weighted by atomic mass is 10.0. The van der Waals surface area contributed by atoms with E-state index in [2.05, 4.69) is 0 Å². The highest BCUT2D eigenvalue weighted by Gasteiger charge is 2.30. The average Bonchev–Trinajstić information content (AvgIpc) is 2.74. The fourth-order valence-electron chi connectivity index (χ4n) is 2.49. The van der Waals surface area contributed by atoms with Gasteiger partial charge in [-0.1, -0.05) is 41.9 Å². The van der Waals surface area contributed by atoms with E-state index in [0.29, 0.717) is 11.6 Å². The minimum absolute atomic E-state index is 0.0589. The van der Waals surface area contributed by atoms with E-state index in [9.17, 15) is 4.79 Å². The SMILES string of the molecule is CCN1C(=O)/C(=C\c2ccc(Cl)cc2)c2ccccc21. The van der Waals surface area contributed by atoms with Crippen LogP contribution in [0.4, 0.5) is 5.69 Å². The Morgan fingerprint density at radius 1 is 1.10 bits per heavy atom. The summed E-state index contributed by atoms with van der Waals surface area (Å²) in [6, 6.07) is 15.4. The highest BCUT2D eigenvalue weighted by molar-refractivity contribution is 6.35. The van der Waals surface area contributed by atoms with E-state index < -0.39 is 0 Å². The fourth-order valence-corrected chi connectivity index (χ4v) is 2.61. The zero-order valence-corrected chi connectivity index (χ0v) is 11.9. The molecular formula is C17H14ClNO. The Kier molecular flexibility index (Phi) is 3.33. The van der Waals surface area contributed by atoms with Crippen LogP contribution in [-0.4, -0.2) is 12.5 Å². The maximum absolute atomic E-state index is 12.5. The van der Waals surface area contributed by atoms with Crippen LogP contribution < -0.4 is 4.90 Å². The summed E-state index contributed by atoms with van der Waals surface area (Å²) in [6.45, 7) is 2.66. The molecular weight excluding hydrogens is 270 g/mol. The van der Waals surface area contributed by atoms with Gasteiger partial charge in [0.15, 0.2) is 0 Å². The molecule has 0 N–H and O–H groups in total. The zero-order chi connectivity index (χ0) is 14.1. The topological polar surface area (TPSA) is 20.3 Å². The molecule has 0 aliphatic carbocycles. The lowest BCUT2D eigenvalue weighted by Gasteiger charge is -2.13. The number of likely N-dealkylation sites (N-methyl/N-ethyl adjacent to an activating group) is 1. The molecule has 0 atom stereocenters. The van der Waals surface area contributed by atoms with Gasteiger partial charge in [0, 0.05) is 22.7 Å². The lowest BCUT2D eigenvalue weighted by Crippen LogP contribution is -2.25. The van der Waals surface area contributed by atoms with Gasteiger partial charge in [0.25, 0.3) is 5.91 Å². The summed E-state index contributed by atoms with van der Waals surface area (Å²) < 4.78 is 0. The van der Waals surface area contributed by atoms with Crippen LogP contribution in [0.5, 0.6) is 0 Å². The first-order valence-corrected chi connectivity index (χ1v) is 6.97. The molecule has 0 bridgehead atoms. The summed E-state index contributed by atoms with van der Waals surface area (Å²) in [5, 5.41) is 0.695. The number of fused-ring (bicyclic) bond motifs is 1. The van der Waals surface area contributed by atoms with Gasteiger partial charge in [-0.15, -0.1) is 0 Å². The molecule has 0 unspecified atom stereocenters. The van der Waals surface area contributed by atoms with Crippen molar-refractivity contribution in [1.29, 1.82) is 0 Å². The Morgan fingerprint density at radius 2 is 1.80 bits per heavy atom. The molecule has 1 aliphatic rings. The van der Waals surface area contributed by atoms with Crippen molar-refractivity contribution in [3.8, 4) is 0 Å². The molecule has 100 valence electrons. The number of amides is 1. The van der Waals surface area contributed by atoms with Gasteiger partial charge in [0.2, 0.25) is 0 Å². The Balaban J connectivity index is 2.10. The van der Waals surface area contributed by atoms with E-state index in [1.54, 1.807) is 4.90 Å². The van der Waals surface area contributed by atoms with Crippen LogP contribution in [0, 0.1) is 0 Å². The second kappa shape index (κ2) is 5.14. The quantitative estimate of drug-likeness (QED) is 0.755. The highest BCUT2D eigenvalue weighted by Crippen LogP contribution is 2.37. The third-order valence-electron chi connectivity index (χ3n) is 3.46. The lowest BCUT2D eigenvalue weighted by molar-refractivity contribution is -0.112. The molecule has 2 nitrogen and oxygen atoms in total.